The first-order valence-electron chi connectivity index (χ1n) is 6.87. The predicted molar refractivity (Wildman–Crippen MR) is 84.5 cm³/mol. The maximum Gasteiger partial charge on any atom is 0.335 e. The Hall–Kier alpha value is -3.08. The van der Waals surface area contributed by atoms with Crippen LogP contribution in [0, 0.1) is 0 Å². The number of carbonyl (C=O) groups is 1. The lowest BCUT2D eigenvalue weighted by Gasteiger charge is -2.04. The monoisotopic (exact) mass is 293 g/mol. The minimum Gasteiger partial charge on any atom is -0.478 e. The fourth-order valence-electron chi connectivity index (χ4n) is 2.18. The van der Waals surface area contributed by atoms with Crippen molar-refractivity contribution in [1.29, 1.82) is 0 Å². The van der Waals surface area contributed by atoms with Crippen LogP contribution in [0.25, 0.3) is 0 Å². The molecule has 1 aromatic heterocycles. The normalized spacial score (nSPS) is 10.4. The Balaban J connectivity index is 1.72. The Kier molecular flexibility index (Phi) is 3.87. The molecule has 5 nitrogen and oxygen atoms in total. The van der Waals surface area contributed by atoms with Gasteiger partial charge >= 0.3 is 5.97 Å². The molecule has 3 rings (SSSR count). The van der Waals surface area contributed by atoms with Crippen LogP contribution in [0.2, 0.25) is 0 Å². The molecule has 5 heteroatoms. The molecule has 0 bridgehead atoms. The second kappa shape index (κ2) is 6.13. The van der Waals surface area contributed by atoms with E-state index in [1.807, 2.05) is 47.3 Å². The van der Waals surface area contributed by atoms with Crippen LogP contribution < -0.4 is 5.32 Å². The third kappa shape index (κ3) is 3.32. The summed E-state index contributed by atoms with van der Waals surface area (Å²) in [6.45, 7) is 0.692. The fraction of sp³-hybridized carbons (Fsp3) is 0.0588. The van der Waals surface area contributed by atoms with Crippen molar-refractivity contribution in [3.8, 4) is 0 Å². The van der Waals surface area contributed by atoms with Crippen LogP contribution in [0.1, 0.15) is 15.9 Å². The summed E-state index contributed by atoms with van der Waals surface area (Å²) >= 11 is 0. The number of aromatic carboxylic acids is 1. The lowest BCUT2D eigenvalue weighted by Crippen LogP contribution is -1.99. The molecule has 0 fully saturated rings. The number of rotatable bonds is 5. The van der Waals surface area contributed by atoms with Crippen LogP contribution in [-0.2, 0) is 6.54 Å². The van der Waals surface area contributed by atoms with E-state index in [9.17, 15) is 4.79 Å². The average Bonchev–Trinajstić information content (AvgIpc) is 2.95. The van der Waals surface area contributed by atoms with Crippen molar-refractivity contribution >= 4 is 17.3 Å². The molecule has 0 unspecified atom stereocenters. The molecule has 0 spiro atoms. The number of nitrogens with zero attached hydrogens (tertiary/aromatic N) is 2. The summed E-state index contributed by atoms with van der Waals surface area (Å²) in [4.78, 5) is 11.0. The zero-order valence-corrected chi connectivity index (χ0v) is 11.8. The molecule has 0 aliphatic heterocycles. The second-order valence-corrected chi connectivity index (χ2v) is 4.92. The first kappa shape index (κ1) is 13.9. The van der Waals surface area contributed by atoms with Crippen LogP contribution in [0.5, 0.6) is 0 Å². The molecule has 110 valence electrons. The van der Waals surface area contributed by atoms with Crippen LogP contribution in [0.15, 0.2) is 67.0 Å². The summed E-state index contributed by atoms with van der Waals surface area (Å²) < 4.78 is 1.83. The van der Waals surface area contributed by atoms with Gasteiger partial charge in [0, 0.05) is 11.9 Å². The zero-order valence-electron chi connectivity index (χ0n) is 11.8. The minimum atomic E-state index is -0.941. The highest BCUT2D eigenvalue weighted by atomic mass is 16.4. The molecule has 0 aliphatic carbocycles. The van der Waals surface area contributed by atoms with Gasteiger partial charge in [-0.15, -0.1) is 0 Å². The third-order valence-electron chi connectivity index (χ3n) is 3.22. The third-order valence-corrected chi connectivity index (χ3v) is 3.22. The van der Waals surface area contributed by atoms with Gasteiger partial charge in [-0.05, 0) is 23.8 Å². The SMILES string of the molecule is O=C(O)c1cccc(Nc2cnn(Cc3ccccc3)c2)c1. The Morgan fingerprint density at radius 2 is 1.91 bits per heavy atom. The summed E-state index contributed by atoms with van der Waals surface area (Å²) in [5, 5.41) is 16.5. The summed E-state index contributed by atoms with van der Waals surface area (Å²) in [6.07, 6.45) is 3.61. The Bertz CT molecular complexity index is 781. The molecule has 1 heterocycles. The lowest BCUT2D eigenvalue weighted by atomic mass is 10.2. The minimum absolute atomic E-state index is 0.252. The highest BCUT2D eigenvalue weighted by Crippen LogP contribution is 2.17. The number of nitrogens with one attached hydrogen (secondary N) is 1. The summed E-state index contributed by atoms with van der Waals surface area (Å²) in [5.74, 6) is -0.941. The first-order chi connectivity index (χ1) is 10.7. The van der Waals surface area contributed by atoms with Gasteiger partial charge in [0.2, 0.25) is 0 Å². The van der Waals surface area contributed by atoms with Gasteiger partial charge in [-0.1, -0.05) is 36.4 Å². The highest BCUT2D eigenvalue weighted by Gasteiger charge is 2.04. The van der Waals surface area contributed by atoms with Gasteiger partial charge in [0.1, 0.15) is 0 Å². The van der Waals surface area contributed by atoms with E-state index in [0.717, 1.165) is 11.4 Å². The Morgan fingerprint density at radius 1 is 1.09 bits per heavy atom. The Morgan fingerprint density at radius 3 is 2.68 bits per heavy atom. The van der Waals surface area contributed by atoms with Crippen molar-refractivity contribution in [3.63, 3.8) is 0 Å². The van der Waals surface area contributed by atoms with Crippen LogP contribution in [0.3, 0.4) is 0 Å². The molecule has 0 saturated carbocycles. The van der Waals surface area contributed by atoms with E-state index in [2.05, 4.69) is 10.4 Å². The van der Waals surface area contributed by atoms with Crippen molar-refractivity contribution < 1.29 is 9.90 Å². The van der Waals surface area contributed by atoms with Crippen molar-refractivity contribution in [2.24, 2.45) is 0 Å². The van der Waals surface area contributed by atoms with Gasteiger partial charge < -0.3 is 10.4 Å². The van der Waals surface area contributed by atoms with Gasteiger partial charge in [0.25, 0.3) is 0 Å². The predicted octanol–water partition coefficient (Wildman–Crippen LogP) is 3.37. The summed E-state index contributed by atoms with van der Waals surface area (Å²) in [5.41, 5.74) is 2.96. The van der Waals surface area contributed by atoms with E-state index in [1.165, 1.54) is 5.56 Å². The molecule has 2 N–H and O–H groups in total. The smallest absolute Gasteiger partial charge is 0.335 e. The summed E-state index contributed by atoms with van der Waals surface area (Å²) in [7, 11) is 0. The van der Waals surface area contributed by atoms with Gasteiger partial charge in [-0.3, -0.25) is 4.68 Å². The molecule has 0 aliphatic rings. The van der Waals surface area contributed by atoms with Crippen molar-refractivity contribution in [2.75, 3.05) is 5.32 Å². The van der Waals surface area contributed by atoms with Crippen LogP contribution in [-0.4, -0.2) is 20.9 Å². The summed E-state index contributed by atoms with van der Waals surface area (Å²) in [6, 6.07) is 16.8. The maximum absolute atomic E-state index is 11.0. The van der Waals surface area contributed by atoms with Crippen molar-refractivity contribution in [2.45, 2.75) is 6.54 Å². The van der Waals surface area contributed by atoms with E-state index in [0.29, 0.717) is 6.54 Å². The highest BCUT2D eigenvalue weighted by molar-refractivity contribution is 5.89. The molecule has 0 saturated heterocycles. The maximum atomic E-state index is 11.0. The van der Waals surface area contributed by atoms with Crippen LogP contribution in [0.4, 0.5) is 11.4 Å². The van der Waals surface area contributed by atoms with E-state index in [-0.39, 0.29) is 5.56 Å². The molecular formula is C17H15N3O2. The van der Waals surface area contributed by atoms with E-state index in [4.69, 9.17) is 5.11 Å². The van der Waals surface area contributed by atoms with E-state index >= 15 is 0 Å². The largest absolute Gasteiger partial charge is 0.478 e. The molecule has 0 atom stereocenters. The van der Waals surface area contributed by atoms with E-state index < -0.39 is 5.97 Å². The molecule has 0 radical (unpaired) electrons. The molecular weight excluding hydrogens is 278 g/mol. The molecule has 3 aromatic rings. The second-order valence-electron chi connectivity index (χ2n) is 4.92. The van der Waals surface area contributed by atoms with Gasteiger partial charge in [-0.2, -0.15) is 5.10 Å². The van der Waals surface area contributed by atoms with Crippen LogP contribution >= 0.6 is 0 Å². The average molecular weight is 293 g/mol. The zero-order chi connectivity index (χ0) is 15.4. The number of carboxylic acid groups (broad SMARTS) is 1. The number of anilines is 2. The number of benzene rings is 2. The number of aromatic nitrogens is 2. The molecule has 22 heavy (non-hydrogen) atoms. The number of carboxylic acids is 1. The van der Waals surface area contributed by atoms with E-state index in [1.54, 1.807) is 24.4 Å². The van der Waals surface area contributed by atoms with Gasteiger partial charge in [0.15, 0.2) is 0 Å². The van der Waals surface area contributed by atoms with Gasteiger partial charge in [0.05, 0.1) is 24.0 Å². The van der Waals surface area contributed by atoms with Gasteiger partial charge in [-0.25, -0.2) is 4.79 Å². The number of hydrogen-bond acceptors (Lipinski definition) is 3. The molecule has 2 aromatic carbocycles. The van der Waals surface area contributed by atoms with Crippen molar-refractivity contribution in [1.82, 2.24) is 9.78 Å². The topological polar surface area (TPSA) is 67.2 Å². The standard InChI is InChI=1S/C17H15N3O2/c21-17(22)14-7-4-8-15(9-14)19-16-10-18-20(12-16)11-13-5-2-1-3-6-13/h1-10,12,19H,11H2,(H,21,22). The van der Waals surface area contributed by atoms with Crippen molar-refractivity contribution in [3.05, 3.63) is 78.1 Å². The fourth-order valence-corrected chi connectivity index (χ4v) is 2.18. The quantitative estimate of drug-likeness (QED) is 0.757. The molecule has 0 amide bonds. The lowest BCUT2D eigenvalue weighted by molar-refractivity contribution is 0.0697. The first-order valence-corrected chi connectivity index (χ1v) is 6.87. The number of hydrogen-bond donors (Lipinski definition) is 2. The Labute approximate surface area is 127 Å².